The summed E-state index contributed by atoms with van der Waals surface area (Å²) in [5.74, 6) is 0.688. The standard InChI is InChI=1S/C14H20N2O.ClH/c1-11-3-2-4-12(7-11)10-16-14(17)8-13-5-6-15-9-13;/h2-4,7,13,15H,5-6,8-10H2,1H3,(H,16,17);1H. The molecule has 0 saturated carbocycles. The second-order valence-electron chi connectivity index (χ2n) is 4.83. The molecular weight excluding hydrogens is 248 g/mol. The number of aryl methyl sites for hydroxylation is 1. The zero-order chi connectivity index (χ0) is 12.1. The second-order valence-corrected chi connectivity index (χ2v) is 4.83. The smallest absolute Gasteiger partial charge is 0.220 e. The Kier molecular flexibility index (Phi) is 6.16. The van der Waals surface area contributed by atoms with Crippen LogP contribution in [-0.4, -0.2) is 19.0 Å². The first-order chi connectivity index (χ1) is 8.24. The Balaban J connectivity index is 0.00000162. The van der Waals surface area contributed by atoms with Crippen molar-refractivity contribution < 1.29 is 4.79 Å². The van der Waals surface area contributed by atoms with Crippen LogP contribution in [0.2, 0.25) is 0 Å². The number of hydrogen-bond donors (Lipinski definition) is 2. The molecule has 1 aromatic rings. The quantitative estimate of drug-likeness (QED) is 0.877. The molecule has 1 aliphatic rings. The maximum atomic E-state index is 11.7. The molecule has 18 heavy (non-hydrogen) atoms. The van der Waals surface area contributed by atoms with Crippen molar-refractivity contribution in [3.8, 4) is 0 Å². The van der Waals surface area contributed by atoms with Crippen LogP contribution in [0.5, 0.6) is 0 Å². The Labute approximate surface area is 115 Å². The Morgan fingerprint density at radius 3 is 3.00 bits per heavy atom. The molecule has 100 valence electrons. The molecule has 1 fully saturated rings. The van der Waals surface area contributed by atoms with Crippen molar-refractivity contribution >= 4 is 18.3 Å². The fraction of sp³-hybridized carbons (Fsp3) is 0.500. The highest BCUT2D eigenvalue weighted by Crippen LogP contribution is 2.11. The largest absolute Gasteiger partial charge is 0.352 e. The number of rotatable bonds is 4. The van der Waals surface area contributed by atoms with Crippen LogP contribution >= 0.6 is 12.4 Å². The van der Waals surface area contributed by atoms with Crippen LogP contribution in [0.25, 0.3) is 0 Å². The Morgan fingerprint density at radius 1 is 1.50 bits per heavy atom. The molecule has 0 aromatic heterocycles. The summed E-state index contributed by atoms with van der Waals surface area (Å²) >= 11 is 0. The third-order valence-electron chi connectivity index (χ3n) is 3.21. The first-order valence-corrected chi connectivity index (χ1v) is 6.27. The van der Waals surface area contributed by atoms with Crippen LogP contribution in [0.1, 0.15) is 24.0 Å². The summed E-state index contributed by atoms with van der Waals surface area (Å²) in [6.45, 7) is 4.74. The van der Waals surface area contributed by atoms with Gasteiger partial charge in [0, 0.05) is 13.0 Å². The van der Waals surface area contributed by atoms with Crippen molar-refractivity contribution in [1.82, 2.24) is 10.6 Å². The topological polar surface area (TPSA) is 41.1 Å². The van der Waals surface area contributed by atoms with E-state index in [1.165, 1.54) is 11.1 Å². The Hall–Kier alpha value is -1.06. The minimum Gasteiger partial charge on any atom is -0.352 e. The van der Waals surface area contributed by atoms with Gasteiger partial charge in [-0.15, -0.1) is 12.4 Å². The zero-order valence-corrected chi connectivity index (χ0v) is 11.6. The van der Waals surface area contributed by atoms with E-state index in [0.29, 0.717) is 18.9 Å². The highest BCUT2D eigenvalue weighted by atomic mass is 35.5. The van der Waals surface area contributed by atoms with E-state index in [1.54, 1.807) is 0 Å². The maximum Gasteiger partial charge on any atom is 0.220 e. The van der Waals surface area contributed by atoms with Gasteiger partial charge >= 0.3 is 0 Å². The molecular formula is C14H21ClN2O. The third-order valence-corrected chi connectivity index (χ3v) is 3.21. The van der Waals surface area contributed by atoms with Gasteiger partial charge < -0.3 is 10.6 Å². The van der Waals surface area contributed by atoms with Crippen molar-refractivity contribution in [3.63, 3.8) is 0 Å². The molecule has 1 unspecified atom stereocenters. The van der Waals surface area contributed by atoms with Crippen LogP contribution in [0.4, 0.5) is 0 Å². The molecule has 2 N–H and O–H groups in total. The molecule has 4 heteroatoms. The predicted molar refractivity (Wildman–Crippen MR) is 75.9 cm³/mol. The monoisotopic (exact) mass is 268 g/mol. The molecule has 1 amide bonds. The predicted octanol–water partition coefficient (Wildman–Crippen LogP) is 2.03. The third kappa shape index (κ3) is 4.67. The first-order valence-electron chi connectivity index (χ1n) is 6.27. The van der Waals surface area contributed by atoms with Gasteiger partial charge in [0.05, 0.1) is 0 Å². The summed E-state index contributed by atoms with van der Waals surface area (Å²) in [5, 5.41) is 6.27. The van der Waals surface area contributed by atoms with Gasteiger partial charge in [-0.25, -0.2) is 0 Å². The SMILES string of the molecule is Cc1cccc(CNC(=O)CC2CCNC2)c1.Cl. The average molecular weight is 269 g/mol. The number of amides is 1. The molecule has 1 aliphatic heterocycles. The van der Waals surface area contributed by atoms with Gasteiger partial charge in [0.1, 0.15) is 0 Å². The Morgan fingerprint density at radius 2 is 2.33 bits per heavy atom. The lowest BCUT2D eigenvalue weighted by atomic mass is 10.0. The van der Waals surface area contributed by atoms with Crippen LogP contribution in [0, 0.1) is 12.8 Å². The molecule has 1 atom stereocenters. The van der Waals surface area contributed by atoms with Crippen molar-refractivity contribution in [3.05, 3.63) is 35.4 Å². The molecule has 1 heterocycles. The van der Waals surface area contributed by atoms with Gasteiger partial charge in [0.25, 0.3) is 0 Å². The summed E-state index contributed by atoms with van der Waals surface area (Å²) in [7, 11) is 0. The summed E-state index contributed by atoms with van der Waals surface area (Å²) < 4.78 is 0. The molecule has 0 spiro atoms. The average Bonchev–Trinajstić information content (AvgIpc) is 2.79. The van der Waals surface area contributed by atoms with Gasteiger partial charge in [-0.2, -0.15) is 0 Å². The molecule has 2 rings (SSSR count). The van der Waals surface area contributed by atoms with Crippen molar-refractivity contribution in [1.29, 1.82) is 0 Å². The van der Waals surface area contributed by atoms with Crippen LogP contribution in [-0.2, 0) is 11.3 Å². The van der Waals surface area contributed by atoms with Crippen molar-refractivity contribution in [2.75, 3.05) is 13.1 Å². The number of nitrogens with one attached hydrogen (secondary N) is 2. The van der Waals surface area contributed by atoms with Gasteiger partial charge in [0.15, 0.2) is 0 Å². The first kappa shape index (κ1) is 15.0. The van der Waals surface area contributed by atoms with E-state index in [0.717, 1.165) is 19.5 Å². The fourth-order valence-corrected chi connectivity index (χ4v) is 2.25. The maximum absolute atomic E-state index is 11.7. The number of benzene rings is 1. The minimum atomic E-state index is 0. The fourth-order valence-electron chi connectivity index (χ4n) is 2.25. The van der Waals surface area contributed by atoms with Gasteiger partial charge in [-0.3, -0.25) is 4.79 Å². The summed E-state index contributed by atoms with van der Waals surface area (Å²) in [4.78, 5) is 11.7. The lowest BCUT2D eigenvalue weighted by Gasteiger charge is -2.09. The lowest BCUT2D eigenvalue weighted by molar-refractivity contribution is -0.122. The van der Waals surface area contributed by atoms with Crippen molar-refractivity contribution in [2.24, 2.45) is 5.92 Å². The van der Waals surface area contributed by atoms with Gasteiger partial charge in [0.2, 0.25) is 5.91 Å². The number of halogens is 1. The van der Waals surface area contributed by atoms with E-state index in [9.17, 15) is 4.79 Å². The molecule has 0 bridgehead atoms. The molecule has 1 aromatic carbocycles. The summed E-state index contributed by atoms with van der Waals surface area (Å²) in [5.41, 5.74) is 2.40. The molecule has 0 aliphatic carbocycles. The molecule has 3 nitrogen and oxygen atoms in total. The normalized spacial score (nSPS) is 18.2. The van der Waals surface area contributed by atoms with Gasteiger partial charge in [-0.05, 0) is 37.9 Å². The molecule has 0 radical (unpaired) electrons. The summed E-state index contributed by atoms with van der Waals surface area (Å²) in [6.07, 6.45) is 1.77. The molecule has 1 saturated heterocycles. The van der Waals surface area contributed by atoms with E-state index < -0.39 is 0 Å². The number of carbonyl (C=O) groups is 1. The minimum absolute atomic E-state index is 0. The van der Waals surface area contributed by atoms with Crippen LogP contribution in [0.3, 0.4) is 0 Å². The van der Waals surface area contributed by atoms with Crippen LogP contribution < -0.4 is 10.6 Å². The number of hydrogen-bond acceptors (Lipinski definition) is 2. The van der Waals surface area contributed by atoms with E-state index >= 15 is 0 Å². The van der Waals surface area contributed by atoms with E-state index in [-0.39, 0.29) is 18.3 Å². The Bertz CT molecular complexity index is 389. The zero-order valence-electron chi connectivity index (χ0n) is 10.7. The highest BCUT2D eigenvalue weighted by Gasteiger charge is 2.17. The second kappa shape index (κ2) is 7.39. The van der Waals surface area contributed by atoms with E-state index in [4.69, 9.17) is 0 Å². The number of carbonyl (C=O) groups excluding carboxylic acids is 1. The van der Waals surface area contributed by atoms with Crippen LogP contribution in [0.15, 0.2) is 24.3 Å². The van der Waals surface area contributed by atoms with E-state index in [2.05, 4.69) is 29.7 Å². The lowest BCUT2D eigenvalue weighted by Crippen LogP contribution is -2.25. The van der Waals surface area contributed by atoms with Gasteiger partial charge in [-0.1, -0.05) is 29.8 Å². The summed E-state index contributed by atoms with van der Waals surface area (Å²) in [6, 6.07) is 8.25. The van der Waals surface area contributed by atoms with E-state index in [1.807, 2.05) is 12.1 Å². The highest BCUT2D eigenvalue weighted by molar-refractivity contribution is 5.85. The van der Waals surface area contributed by atoms with Crippen molar-refractivity contribution in [2.45, 2.75) is 26.3 Å².